The molecule has 0 aliphatic carbocycles. The van der Waals surface area contributed by atoms with Gasteiger partial charge in [0.2, 0.25) is 15.9 Å². The molecule has 1 aromatic heterocycles. The highest BCUT2D eigenvalue weighted by Crippen LogP contribution is 2.29. The van der Waals surface area contributed by atoms with Gasteiger partial charge in [-0.05, 0) is 19.4 Å². The molecule has 0 spiro atoms. The molecule has 0 saturated carbocycles. The molecule has 9 heteroatoms. The Balaban J connectivity index is 1.70. The number of amides is 1. The summed E-state index contributed by atoms with van der Waals surface area (Å²) in [7, 11) is -3.35. The van der Waals surface area contributed by atoms with Gasteiger partial charge in [-0.2, -0.15) is 4.31 Å². The van der Waals surface area contributed by atoms with Gasteiger partial charge in [0.25, 0.3) is 0 Å². The van der Waals surface area contributed by atoms with Gasteiger partial charge in [-0.15, -0.1) is 11.3 Å². The lowest BCUT2D eigenvalue weighted by Gasteiger charge is -2.23. The quantitative estimate of drug-likeness (QED) is 0.864. The molecule has 1 amide bonds. The van der Waals surface area contributed by atoms with Crippen molar-refractivity contribution in [3.63, 3.8) is 0 Å². The number of anilines is 1. The van der Waals surface area contributed by atoms with Gasteiger partial charge >= 0.3 is 0 Å². The first-order chi connectivity index (χ1) is 10.9. The van der Waals surface area contributed by atoms with E-state index in [1.165, 1.54) is 20.5 Å². The summed E-state index contributed by atoms with van der Waals surface area (Å²) in [6.07, 6.45) is 3.33. The van der Waals surface area contributed by atoms with Crippen molar-refractivity contribution in [3.8, 4) is 0 Å². The number of rotatable bonds is 4. The van der Waals surface area contributed by atoms with E-state index in [1.807, 2.05) is 0 Å². The minimum absolute atomic E-state index is 0.272. The Kier molecular flexibility index (Phi) is 4.73. The molecule has 3 rings (SSSR count). The van der Waals surface area contributed by atoms with Crippen LogP contribution in [-0.2, 0) is 27.8 Å². The Hall–Kier alpha value is -1.03. The molecule has 0 radical (unpaired) electrons. The molecule has 0 bridgehead atoms. The smallest absolute Gasteiger partial charge is 0.244 e. The van der Waals surface area contributed by atoms with Crippen LogP contribution < -0.4 is 5.32 Å². The highest BCUT2D eigenvalue weighted by Gasteiger charge is 2.36. The number of carbonyl (C=O) groups excluding carboxylic acids is 1. The SMILES string of the molecule is CCN1CCc2nc(NC(=O)C3CCCN3S(C)(=O)=O)sc2C1. The van der Waals surface area contributed by atoms with Crippen LogP contribution in [0.2, 0.25) is 0 Å². The van der Waals surface area contributed by atoms with Crippen molar-refractivity contribution in [1.29, 1.82) is 0 Å². The van der Waals surface area contributed by atoms with E-state index in [0.29, 0.717) is 24.5 Å². The summed E-state index contributed by atoms with van der Waals surface area (Å²) in [5.41, 5.74) is 1.06. The molecule has 128 valence electrons. The lowest BCUT2D eigenvalue weighted by Crippen LogP contribution is -2.42. The van der Waals surface area contributed by atoms with Crippen LogP contribution in [0.25, 0.3) is 0 Å². The average Bonchev–Trinajstić information content (AvgIpc) is 3.11. The van der Waals surface area contributed by atoms with Gasteiger partial charge in [-0.1, -0.05) is 6.92 Å². The van der Waals surface area contributed by atoms with Gasteiger partial charge < -0.3 is 5.32 Å². The second-order valence-corrected chi connectivity index (χ2v) is 9.05. The summed E-state index contributed by atoms with van der Waals surface area (Å²) in [4.78, 5) is 20.5. The second kappa shape index (κ2) is 6.46. The summed E-state index contributed by atoms with van der Waals surface area (Å²) in [5.74, 6) is -0.272. The molecule has 1 N–H and O–H groups in total. The van der Waals surface area contributed by atoms with E-state index in [-0.39, 0.29) is 5.91 Å². The van der Waals surface area contributed by atoms with Crippen LogP contribution in [0.4, 0.5) is 5.13 Å². The van der Waals surface area contributed by atoms with Crippen LogP contribution >= 0.6 is 11.3 Å². The second-order valence-electron chi connectivity index (χ2n) is 6.03. The summed E-state index contributed by atoms with van der Waals surface area (Å²) in [6, 6.07) is -0.613. The zero-order valence-corrected chi connectivity index (χ0v) is 15.0. The van der Waals surface area contributed by atoms with Crippen molar-refractivity contribution in [2.24, 2.45) is 0 Å². The van der Waals surface area contributed by atoms with Crippen LogP contribution in [0.3, 0.4) is 0 Å². The van der Waals surface area contributed by atoms with E-state index in [4.69, 9.17) is 0 Å². The van der Waals surface area contributed by atoms with Crippen LogP contribution in [-0.4, -0.2) is 60.4 Å². The molecule has 1 fully saturated rings. The molecule has 1 saturated heterocycles. The zero-order valence-electron chi connectivity index (χ0n) is 13.4. The molecule has 1 atom stereocenters. The Morgan fingerprint density at radius 3 is 2.91 bits per heavy atom. The summed E-state index contributed by atoms with van der Waals surface area (Å²) >= 11 is 1.50. The Morgan fingerprint density at radius 2 is 2.22 bits per heavy atom. The molecule has 23 heavy (non-hydrogen) atoms. The van der Waals surface area contributed by atoms with Crippen molar-refractivity contribution in [2.45, 2.75) is 38.8 Å². The number of thiazole rings is 1. The third-order valence-corrected chi connectivity index (χ3v) is 6.71. The largest absolute Gasteiger partial charge is 0.301 e. The van der Waals surface area contributed by atoms with E-state index in [9.17, 15) is 13.2 Å². The highest BCUT2D eigenvalue weighted by molar-refractivity contribution is 7.88. The van der Waals surface area contributed by atoms with E-state index in [1.54, 1.807) is 0 Å². The highest BCUT2D eigenvalue weighted by atomic mass is 32.2. The van der Waals surface area contributed by atoms with Gasteiger partial charge in [0.05, 0.1) is 11.9 Å². The van der Waals surface area contributed by atoms with E-state index < -0.39 is 16.1 Å². The monoisotopic (exact) mass is 358 g/mol. The zero-order chi connectivity index (χ0) is 16.6. The van der Waals surface area contributed by atoms with Gasteiger partial charge in [0.1, 0.15) is 6.04 Å². The summed E-state index contributed by atoms with van der Waals surface area (Å²) in [6.45, 7) is 5.42. The van der Waals surface area contributed by atoms with Gasteiger partial charge in [0, 0.05) is 30.9 Å². The van der Waals surface area contributed by atoms with Crippen LogP contribution in [0.15, 0.2) is 0 Å². The van der Waals surface area contributed by atoms with Crippen LogP contribution in [0, 0.1) is 0 Å². The fourth-order valence-electron chi connectivity index (χ4n) is 3.16. The number of aromatic nitrogens is 1. The number of carbonyl (C=O) groups is 1. The van der Waals surface area contributed by atoms with Crippen LogP contribution in [0.5, 0.6) is 0 Å². The van der Waals surface area contributed by atoms with E-state index in [2.05, 4.69) is 22.1 Å². The number of hydrogen-bond donors (Lipinski definition) is 1. The number of nitrogens with zero attached hydrogens (tertiary/aromatic N) is 3. The van der Waals surface area contributed by atoms with Gasteiger partial charge in [-0.25, -0.2) is 13.4 Å². The molecule has 2 aliphatic heterocycles. The molecule has 7 nitrogen and oxygen atoms in total. The Morgan fingerprint density at radius 1 is 1.43 bits per heavy atom. The average molecular weight is 358 g/mol. The molecular formula is C14H22N4O3S2. The number of nitrogens with one attached hydrogen (secondary N) is 1. The minimum Gasteiger partial charge on any atom is -0.301 e. The Bertz CT molecular complexity index is 701. The van der Waals surface area contributed by atoms with Crippen molar-refractivity contribution in [3.05, 3.63) is 10.6 Å². The topological polar surface area (TPSA) is 82.6 Å². The van der Waals surface area contributed by atoms with E-state index >= 15 is 0 Å². The maximum Gasteiger partial charge on any atom is 0.244 e. The van der Waals surface area contributed by atoms with Crippen molar-refractivity contribution < 1.29 is 13.2 Å². The predicted octanol–water partition coefficient (Wildman–Crippen LogP) is 0.884. The number of sulfonamides is 1. The van der Waals surface area contributed by atoms with Crippen molar-refractivity contribution in [1.82, 2.24) is 14.2 Å². The number of fused-ring (bicyclic) bond motifs is 1. The summed E-state index contributed by atoms with van der Waals surface area (Å²) < 4.78 is 24.8. The molecule has 1 aromatic rings. The normalized spacial score (nSPS) is 23.0. The molecule has 2 aliphatic rings. The third kappa shape index (κ3) is 3.57. The third-order valence-electron chi connectivity index (χ3n) is 4.42. The minimum atomic E-state index is -3.35. The first kappa shape index (κ1) is 16.8. The first-order valence-electron chi connectivity index (χ1n) is 7.87. The molecule has 1 unspecified atom stereocenters. The van der Waals surface area contributed by atoms with Gasteiger partial charge in [-0.3, -0.25) is 9.69 Å². The number of hydrogen-bond acceptors (Lipinski definition) is 6. The standard InChI is InChI=1S/C14H22N4O3S2/c1-3-17-8-6-10-12(9-17)22-14(15-10)16-13(19)11-5-4-7-18(11)23(2,20)21/h11H,3-9H2,1-2H3,(H,15,16,19). The van der Waals surface area contributed by atoms with E-state index in [0.717, 1.165) is 38.0 Å². The fourth-order valence-corrected chi connectivity index (χ4v) is 5.34. The molecular weight excluding hydrogens is 336 g/mol. The van der Waals surface area contributed by atoms with Gasteiger partial charge in [0.15, 0.2) is 5.13 Å². The van der Waals surface area contributed by atoms with Crippen LogP contribution in [0.1, 0.15) is 30.3 Å². The first-order valence-corrected chi connectivity index (χ1v) is 10.5. The number of likely N-dealkylation sites (N-methyl/N-ethyl adjacent to an activating group) is 1. The lowest BCUT2D eigenvalue weighted by atomic mass is 10.2. The maximum atomic E-state index is 12.4. The molecule has 3 heterocycles. The lowest BCUT2D eigenvalue weighted by molar-refractivity contribution is -0.119. The van der Waals surface area contributed by atoms with Crippen molar-refractivity contribution >= 4 is 32.4 Å². The predicted molar refractivity (Wildman–Crippen MR) is 90.0 cm³/mol. The maximum absolute atomic E-state index is 12.4. The Labute approximate surface area is 140 Å². The fraction of sp³-hybridized carbons (Fsp3) is 0.714. The summed E-state index contributed by atoms with van der Waals surface area (Å²) in [5, 5.41) is 3.40. The molecule has 0 aromatic carbocycles. The van der Waals surface area contributed by atoms with Crippen molar-refractivity contribution in [2.75, 3.05) is 31.2 Å².